The predicted molar refractivity (Wildman–Crippen MR) is 111 cm³/mol. The van der Waals surface area contributed by atoms with Crippen LogP contribution in [-0.4, -0.2) is 18.5 Å². The number of amides is 1. The van der Waals surface area contributed by atoms with Crippen LogP contribution >= 0.6 is 22.9 Å². The van der Waals surface area contributed by atoms with Crippen LogP contribution in [0.25, 0.3) is 6.08 Å². The molecule has 2 aromatic rings. The SMILES string of the molecule is CCOC(=O)c1c(NC(=O)/C=C/c2ccc(Cl)cc2)sc2c1CC[C@@H](C)C2. The lowest BCUT2D eigenvalue weighted by Gasteiger charge is -2.18. The van der Waals surface area contributed by atoms with E-state index in [1.807, 2.05) is 12.1 Å². The number of carbonyl (C=O) groups is 2. The average molecular weight is 404 g/mol. The fourth-order valence-corrected chi connectivity index (χ4v) is 4.69. The van der Waals surface area contributed by atoms with Crippen LogP contribution in [0, 0.1) is 5.92 Å². The first-order chi connectivity index (χ1) is 13.0. The predicted octanol–water partition coefficient (Wildman–Crippen LogP) is 5.35. The van der Waals surface area contributed by atoms with Crippen LogP contribution in [0.3, 0.4) is 0 Å². The zero-order valence-electron chi connectivity index (χ0n) is 15.4. The second kappa shape index (κ2) is 8.72. The number of anilines is 1. The van der Waals surface area contributed by atoms with Crippen molar-refractivity contribution in [2.24, 2.45) is 5.92 Å². The van der Waals surface area contributed by atoms with E-state index in [0.717, 1.165) is 30.4 Å². The van der Waals surface area contributed by atoms with Gasteiger partial charge in [0.1, 0.15) is 5.00 Å². The minimum atomic E-state index is -0.360. The molecule has 4 nitrogen and oxygen atoms in total. The van der Waals surface area contributed by atoms with Gasteiger partial charge in [-0.05, 0) is 61.4 Å². The summed E-state index contributed by atoms with van der Waals surface area (Å²) in [4.78, 5) is 26.0. The summed E-state index contributed by atoms with van der Waals surface area (Å²) in [5.74, 6) is -0.0526. The summed E-state index contributed by atoms with van der Waals surface area (Å²) in [7, 11) is 0. The van der Waals surface area contributed by atoms with Crippen molar-refractivity contribution in [3.05, 3.63) is 56.9 Å². The number of hydrogen-bond donors (Lipinski definition) is 1. The minimum Gasteiger partial charge on any atom is -0.462 e. The number of thiophene rings is 1. The van der Waals surface area contributed by atoms with Gasteiger partial charge in [0.25, 0.3) is 0 Å². The highest BCUT2D eigenvalue weighted by Crippen LogP contribution is 2.40. The van der Waals surface area contributed by atoms with E-state index in [0.29, 0.717) is 28.1 Å². The molecule has 0 fully saturated rings. The second-order valence-corrected chi connectivity index (χ2v) is 8.19. The van der Waals surface area contributed by atoms with E-state index in [9.17, 15) is 9.59 Å². The number of ether oxygens (including phenoxy) is 1. The lowest BCUT2D eigenvalue weighted by molar-refractivity contribution is -0.111. The Balaban J connectivity index is 1.81. The molecule has 6 heteroatoms. The fraction of sp³-hybridized carbons (Fsp3) is 0.333. The summed E-state index contributed by atoms with van der Waals surface area (Å²) in [6.07, 6.45) is 5.99. The number of esters is 1. The average Bonchev–Trinajstić information content (AvgIpc) is 2.98. The number of hydrogen-bond acceptors (Lipinski definition) is 4. The van der Waals surface area contributed by atoms with E-state index in [-0.39, 0.29) is 11.9 Å². The molecule has 0 radical (unpaired) electrons. The van der Waals surface area contributed by atoms with Crippen LogP contribution in [0.5, 0.6) is 0 Å². The molecule has 0 saturated carbocycles. The minimum absolute atomic E-state index is 0.276. The van der Waals surface area contributed by atoms with Crippen LogP contribution in [-0.2, 0) is 22.4 Å². The molecule has 1 aliphatic rings. The molecule has 1 aromatic heterocycles. The second-order valence-electron chi connectivity index (χ2n) is 6.65. The van der Waals surface area contributed by atoms with Gasteiger partial charge in [0, 0.05) is 16.0 Å². The maximum atomic E-state index is 12.5. The summed E-state index contributed by atoms with van der Waals surface area (Å²) in [5.41, 5.74) is 2.44. The van der Waals surface area contributed by atoms with Gasteiger partial charge in [-0.25, -0.2) is 4.79 Å². The monoisotopic (exact) mass is 403 g/mol. The molecule has 1 heterocycles. The Hall–Kier alpha value is -2.11. The first-order valence-corrected chi connectivity index (χ1v) is 10.2. The van der Waals surface area contributed by atoms with Gasteiger partial charge in [0.2, 0.25) is 5.91 Å². The van der Waals surface area contributed by atoms with Gasteiger partial charge in [-0.15, -0.1) is 11.3 Å². The van der Waals surface area contributed by atoms with E-state index in [4.69, 9.17) is 16.3 Å². The molecule has 1 aliphatic carbocycles. The van der Waals surface area contributed by atoms with Gasteiger partial charge in [-0.1, -0.05) is 30.7 Å². The van der Waals surface area contributed by atoms with Crippen LogP contribution in [0.4, 0.5) is 5.00 Å². The normalized spacial score (nSPS) is 16.2. The Morgan fingerprint density at radius 2 is 2.07 bits per heavy atom. The highest BCUT2D eigenvalue weighted by atomic mass is 35.5. The highest BCUT2D eigenvalue weighted by Gasteiger charge is 2.28. The Morgan fingerprint density at radius 3 is 2.78 bits per heavy atom. The Morgan fingerprint density at radius 1 is 1.33 bits per heavy atom. The van der Waals surface area contributed by atoms with Gasteiger partial charge in [-0.2, -0.15) is 0 Å². The molecule has 0 bridgehead atoms. The van der Waals surface area contributed by atoms with Crippen molar-refractivity contribution >= 4 is 45.9 Å². The molecule has 1 aromatic carbocycles. The number of benzene rings is 1. The lowest BCUT2D eigenvalue weighted by atomic mass is 9.88. The highest BCUT2D eigenvalue weighted by molar-refractivity contribution is 7.17. The van der Waals surface area contributed by atoms with Crippen molar-refractivity contribution in [2.45, 2.75) is 33.1 Å². The zero-order chi connectivity index (χ0) is 19.4. The molecule has 0 spiro atoms. The number of fused-ring (bicyclic) bond motifs is 1. The van der Waals surface area contributed by atoms with Crippen LogP contribution in [0.2, 0.25) is 5.02 Å². The third-order valence-corrected chi connectivity index (χ3v) is 5.95. The summed E-state index contributed by atoms with van der Waals surface area (Å²) in [6, 6.07) is 7.21. The number of nitrogens with one attached hydrogen (secondary N) is 1. The van der Waals surface area contributed by atoms with Crippen molar-refractivity contribution in [1.29, 1.82) is 0 Å². The van der Waals surface area contributed by atoms with E-state index in [1.54, 1.807) is 25.1 Å². The molecule has 0 unspecified atom stereocenters. The molecule has 27 heavy (non-hydrogen) atoms. The van der Waals surface area contributed by atoms with E-state index in [2.05, 4.69) is 12.2 Å². The third-order valence-electron chi connectivity index (χ3n) is 4.53. The van der Waals surface area contributed by atoms with E-state index >= 15 is 0 Å². The molecule has 0 aliphatic heterocycles. The molecular formula is C21H22ClNO3S. The maximum Gasteiger partial charge on any atom is 0.341 e. The maximum absolute atomic E-state index is 12.5. The zero-order valence-corrected chi connectivity index (χ0v) is 17.0. The molecular weight excluding hydrogens is 382 g/mol. The van der Waals surface area contributed by atoms with Crippen molar-refractivity contribution < 1.29 is 14.3 Å². The van der Waals surface area contributed by atoms with Crippen molar-refractivity contribution in [3.63, 3.8) is 0 Å². The largest absolute Gasteiger partial charge is 0.462 e. The molecule has 1 amide bonds. The number of carbonyl (C=O) groups excluding carboxylic acids is 2. The quantitative estimate of drug-likeness (QED) is 0.540. The lowest BCUT2D eigenvalue weighted by Crippen LogP contribution is -2.15. The molecule has 0 saturated heterocycles. The Bertz CT molecular complexity index is 870. The summed E-state index contributed by atoms with van der Waals surface area (Å²) in [5, 5.41) is 4.10. The summed E-state index contributed by atoms with van der Waals surface area (Å²) < 4.78 is 5.23. The van der Waals surface area contributed by atoms with Gasteiger partial charge >= 0.3 is 5.97 Å². The van der Waals surface area contributed by atoms with Gasteiger partial charge < -0.3 is 10.1 Å². The third kappa shape index (κ3) is 4.79. The molecule has 1 N–H and O–H groups in total. The summed E-state index contributed by atoms with van der Waals surface area (Å²) in [6.45, 7) is 4.30. The van der Waals surface area contributed by atoms with Gasteiger partial charge in [0.15, 0.2) is 0 Å². The smallest absolute Gasteiger partial charge is 0.341 e. The van der Waals surface area contributed by atoms with Crippen molar-refractivity contribution in [2.75, 3.05) is 11.9 Å². The molecule has 142 valence electrons. The van der Waals surface area contributed by atoms with Crippen molar-refractivity contribution in [1.82, 2.24) is 0 Å². The number of rotatable bonds is 5. The first-order valence-electron chi connectivity index (χ1n) is 9.04. The van der Waals surface area contributed by atoms with Crippen LogP contribution in [0.1, 0.15) is 46.6 Å². The Kier molecular flexibility index (Phi) is 6.34. The first kappa shape index (κ1) is 19.6. The topological polar surface area (TPSA) is 55.4 Å². The molecule has 1 atom stereocenters. The summed E-state index contributed by atoms with van der Waals surface area (Å²) >= 11 is 7.36. The van der Waals surface area contributed by atoms with Crippen LogP contribution in [0.15, 0.2) is 30.3 Å². The number of halogens is 1. The van der Waals surface area contributed by atoms with Crippen molar-refractivity contribution in [3.8, 4) is 0 Å². The van der Waals surface area contributed by atoms with E-state index < -0.39 is 0 Å². The van der Waals surface area contributed by atoms with Gasteiger partial charge in [0.05, 0.1) is 12.2 Å². The van der Waals surface area contributed by atoms with E-state index in [1.165, 1.54) is 22.3 Å². The standard InChI is InChI=1S/C21H22ClNO3S/c1-3-26-21(25)19-16-10-4-13(2)12-17(16)27-20(19)23-18(24)11-7-14-5-8-15(22)9-6-14/h5-9,11,13H,3-4,10,12H2,1-2H3,(H,23,24)/b11-7+/t13-/m1/s1. The fourth-order valence-electron chi connectivity index (χ4n) is 3.16. The molecule has 3 rings (SSSR count). The van der Waals surface area contributed by atoms with Gasteiger partial charge in [-0.3, -0.25) is 4.79 Å². The Labute approximate surface area is 168 Å². The van der Waals surface area contributed by atoms with Crippen LogP contribution < -0.4 is 5.32 Å².